The summed E-state index contributed by atoms with van der Waals surface area (Å²) in [6, 6.07) is 5.53. The largest absolute Gasteiger partial charge is 0.573 e. The van der Waals surface area contributed by atoms with Crippen molar-refractivity contribution in [2.24, 2.45) is 5.92 Å². The van der Waals surface area contributed by atoms with E-state index in [4.69, 9.17) is 0 Å². The minimum atomic E-state index is -4.80. The van der Waals surface area contributed by atoms with Crippen LogP contribution in [0.5, 0.6) is 5.75 Å². The van der Waals surface area contributed by atoms with Crippen LogP contribution in [0.25, 0.3) is 6.08 Å². The van der Waals surface area contributed by atoms with Gasteiger partial charge in [0.05, 0.1) is 0 Å². The van der Waals surface area contributed by atoms with Gasteiger partial charge in [0.2, 0.25) is 11.8 Å². The first kappa shape index (κ1) is 19.8. The van der Waals surface area contributed by atoms with Crippen molar-refractivity contribution in [2.75, 3.05) is 13.1 Å². The Kier molecular flexibility index (Phi) is 7.06. The number of para-hydroxylation sites is 1. The molecule has 0 bridgehead atoms. The van der Waals surface area contributed by atoms with Crippen LogP contribution in [0.3, 0.4) is 0 Å². The van der Waals surface area contributed by atoms with E-state index in [9.17, 15) is 22.8 Å². The molecule has 26 heavy (non-hydrogen) atoms. The predicted octanol–water partition coefficient (Wildman–Crippen LogP) is 3.02. The van der Waals surface area contributed by atoms with Gasteiger partial charge in [0, 0.05) is 30.6 Å². The summed E-state index contributed by atoms with van der Waals surface area (Å²) in [7, 11) is 0. The zero-order chi connectivity index (χ0) is 19.0. The SMILES string of the molecule is O=C(/C=C/c1ccccc1OC(F)(F)F)NCCNC(=O)C1CCCC1. The molecule has 2 amide bonds. The van der Waals surface area contributed by atoms with Gasteiger partial charge in [-0.25, -0.2) is 0 Å². The molecule has 0 heterocycles. The molecule has 0 saturated heterocycles. The second-order valence-electron chi connectivity index (χ2n) is 5.98. The number of benzene rings is 1. The normalized spacial score (nSPS) is 15.2. The van der Waals surface area contributed by atoms with Crippen LogP contribution in [0.1, 0.15) is 31.2 Å². The molecule has 0 aliphatic heterocycles. The van der Waals surface area contributed by atoms with Gasteiger partial charge in [0.15, 0.2) is 0 Å². The molecular formula is C18H21F3N2O3. The van der Waals surface area contributed by atoms with Crippen LogP contribution in [-0.2, 0) is 9.59 Å². The number of hydrogen-bond donors (Lipinski definition) is 2. The molecule has 1 aliphatic rings. The van der Waals surface area contributed by atoms with E-state index in [-0.39, 0.29) is 29.7 Å². The maximum Gasteiger partial charge on any atom is 0.573 e. The van der Waals surface area contributed by atoms with Crippen LogP contribution >= 0.6 is 0 Å². The molecule has 0 unspecified atom stereocenters. The molecule has 0 radical (unpaired) electrons. The number of rotatable bonds is 7. The molecular weight excluding hydrogens is 349 g/mol. The fourth-order valence-corrected chi connectivity index (χ4v) is 2.76. The molecule has 2 N–H and O–H groups in total. The highest BCUT2D eigenvalue weighted by molar-refractivity contribution is 5.92. The molecule has 1 saturated carbocycles. The van der Waals surface area contributed by atoms with Crippen molar-refractivity contribution < 1.29 is 27.5 Å². The number of ether oxygens (including phenoxy) is 1. The van der Waals surface area contributed by atoms with Crippen LogP contribution in [-0.4, -0.2) is 31.3 Å². The van der Waals surface area contributed by atoms with E-state index in [1.165, 1.54) is 24.3 Å². The Morgan fingerprint density at radius 3 is 2.46 bits per heavy atom. The van der Waals surface area contributed by atoms with Crippen LogP contribution in [0.2, 0.25) is 0 Å². The van der Waals surface area contributed by atoms with E-state index in [0.29, 0.717) is 6.54 Å². The lowest BCUT2D eigenvalue weighted by atomic mass is 10.1. The number of nitrogens with one attached hydrogen (secondary N) is 2. The topological polar surface area (TPSA) is 67.4 Å². The molecule has 1 aliphatic carbocycles. The zero-order valence-corrected chi connectivity index (χ0v) is 14.1. The molecule has 142 valence electrons. The minimum Gasteiger partial charge on any atom is -0.405 e. The Labute approximate surface area is 149 Å². The number of halogens is 3. The summed E-state index contributed by atoms with van der Waals surface area (Å²) in [5, 5.41) is 5.33. The summed E-state index contributed by atoms with van der Waals surface area (Å²) >= 11 is 0. The van der Waals surface area contributed by atoms with E-state index < -0.39 is 12.3 Å². The molecule has 2 rings (SSSR count). The number of carbonyl (C=O) groups is 2. The average molecular weight is 370 g/mol. The monoisotopic (exact) mass is 370 g/mol. The van der Waals surface area contributed by atoms with Crippen LogP contribution in [0.15, 0.2) is 30.3 Å². The summed E-state index contributed by atoms with van der Waals surface area (Å²) in [5.74, 6) is -0.781. The van der Waals surface area contributed by atoms with Crippen LogP contribution in [0.4, 0.5) is 13.2 Å². The van der Waals surface area contributed by atoms with Crippen molar-refractivity contribution in [3.05, 3.63) is 35.9 Å². The summed E-state index contributed by atoms with van der Waals surface area (Å²) < 4.78 is 40.9. The average Bonchev–Trinajstić information content (AvgIpc) is 3.11. The van der Waals surface area contributed by atoms with Crippen molar-refractivity contribution in [2.45, 2.75) is 32.0 Å². The second-order valence-corrected chi connectivity index (χ2v) is 5.98. The molecule has 0 spiro atoms. The van der Waals surface area contributed by atoms with Crippen molar-refractivity contribution in [1.29, 1.82) is 0 Å². The lowest BCUT2D eigenvalue weighted by Crippen LogP contribution is -2.36. The van der Waals surface area contributed by atoms with E-state index in [1.54, 1.807) is 6.07 Å². The maximum absolute atomic E-state index is 12.3. The molecule has 0 aromatic heterocycles. The Morgan fingerprint density at radius 1 is 1.12 bits per heavy atom. The standard InChI is InChI=1S/C18H21F3N2O3/c19-18(20,21)26-15-8-4-3-5-13(15)9-10-16(24)22-11-12-23-17(25)14-6-1-2-7-14/h3-5,8-10,14H,1-2,6-7,11-12H2,(H,22,24)(H,23,25)/b10-9+. The first-order valence-electron chi connectivity index (χ1n) is 8.43. The first-order valence-corrected chi connectivity index (χ1v) is 8.43. The zero-order valence-electron chi connectivity index (χ0n) is 14.1. The van der Waals surface area contributed by atoms with E-state index >= 15 is 0 Å². The molecule has 8 heteroatoms. The van der Waals surface area contributed by atoms with Gasteiger partial charge in [0.25, 0.3) is 0 Å². The van der Waals surface area contributed by atoms with Gasteiger partial charge in [-0.2, -0.15) is 0 Å². The summed E-state index contributed by atoms with van der Waals surface area (Å²) in [5.41, 5.74) is 0.134. The smallest absolute Gasteiger partial charge is 0.405 e. The third kappa shape index (κ3) is 6.78. The summed E-state index contributed by atoms with van der Waals surface area (Å²) in [6.07, 6.45) is 1.51. The summed E-state index contributed by atoms with van der Waals surface area (Å²) in [6.45, 7) is 0.547. The van der Waals surface area contributed by atoms with Gasteiger partial charge in [-0.05, 0) is 25.0 Å². The third-order valence-corrected chi connectivity index (χ3v) is 4.01. The molecule has 1 aromatic carbocycles. The van der Waals surface area contributed by atoms with Gasteiger partial charge >= 0.3 is 6.36 Å². The highest BCUT2D eigenvalue weighted by Gasteiger charge is 2.31. The summed E-state index contributed by atoms with van der Waals surface area (Å²) in [4.78, 5) is 23.5. The Balaban J connectivity index is 1.76. The minimum absolute atomic E-state index is 0.00511. The van der Waals surface area contributed by atoms with Gasteiger partial charge in [0.1, 0.15) is 5.75 Å². The molecule has 5 nitrogen and oxygen atoms in total. The molecule has 1 fully saturated rings. The van der Waals surface area contributed by atoms with Crippen LogP contribution < -0.4 is 15.4 Å². The number of alkyl halides is 3. The highest BCUT2D eigenvalue weighted by Crippen LogP contribution is 2.27. The highest BCUT2D eigenvalue weighted by atomic mass is 19.4. The Bertz CT molecular complexity index is 653. The van der Waals surface area contributed by atoms with Crippen LogP contribution in [0, 0.1) is 5.92 Å². The number of carbonyl (C=O) groups excluding carboxylic acids is 2. The lowest BCUT2D eigenvalue weighted by Gasteiger charge is -2.11. The molecule has 1 aromatic rings. The predicted molar refractivity (Wildman–Crippen MR) is 90.1 cm³/mol. The second kappa shape index (κ2) is 9.26. The van der Waals surface area contributed by atoms with Crippen molar-refractivity contribution in [1.82, 2.24) is 10.6 Å². The molecule has 0 atom stereocenters. The van der Waals surface area contributed by atoms with E-state index in [1.807, 2.05) is 0 Å². The number of hydrogen-bond acceptors (Lipinski definition) is 3. The van der Waals surface area contributed by atoms with E-state index in [0.717, 1.165) is 31.8 Å². The third-order valence-electron chi connectivity index (χ3n) is 4.01. The lowest BCUT2D eigenvalue weighted by molar-refractivity contribution is -0.274. The van der Waals surface area contributed by atoms with Crippen molar-refractivity contribution in [3.63, 3.8) is 0 Å². The Hall–Kier alpha value is -2.51. The van der Waals surface area contributed by atoms with Gasteiger partial charge in [-0.15, -0.1) is 13.2 Å². The fraction of sp³-hybridized carbons (Fsp3) is 0.444. The van der Waals surface area contributed by atoms with Crippen molar-refractivity contribution in [3.8, 4) is 5.75 Å². The fourth-order valence-electron chi connectivity index (χ4n) is 2.76. The van der Waals surface area contributed by atoms with Gasteiger partial charge in [-0.3, -0.25) is 9.59 Å². The number of amides is 2. The van der Waals surface area contributed by atoms with Crippen molar-refractivity contribution >= 4 is 17.9 Å². The van der Waals surface area contributed by atoms with Gasteiger partial charge < -0.3 is 15.4 Å². The maximum atomic E-state index is 12.3. The quantitative estimate of drug-likeness (QED) is 0.573. The first-order chi connectivity index (χ1) is 12.3. The Morgan fingerprint density at radius 2 is 1.77 bits per heavy atom. The van der Waals surface area contributed by atoms with Gasteiger partial charge in [-0.1, -0.05) is 31.0 Å². The van der Waals surface area contributed by atoms with E-state index in [2.05, 4.69) is 15.4 Å².